The largest absolute Gasteiger partial charge is 0.459 e. The second-order valence-corrected chi connectivity index (χ2v) is 4.53. The number of halogens is 2. The molecule has 0 aliphatic carbocycles. The van der Waals surface area contributed by atoms with Gasteiger partial charge in [0.2, 0.25) is 5.91 Å². The van der Waals surface area contributed by atoms with Crippen LogP contribution in [0.3, 0.4) is 0 Å². The van der Waals surface area contributed by atoms with Crippen molar-refractivity contribution in [3.63, 3.8) is 0 Å². The summed E-state index contributed by atoms with van der Waals surface area (Å²) >= 11 is 11.4. The molecule has 2 rings (SSSR count). The van der Waals surface area contributed by atoms with E-state index in [0.29, 0.717) is 12.8 Å². The topological polar surface area (TPSA) is 71.2 Å². The fourth-order valence-corrected chi connectivity index (χ4v) is 1.88. The van der Waals surface area contributed by atoms with Crippen molar-refractivity contribution in [1.82, 2.24) is 10.3 Å². The third-order valence-corrected chi connectivity index (χ3v) is 3.14. The third kappa shape index (κ3) is 2.92. The first kappa shape index (κ1) is 12.3. The van der Waals surface area contributed by atoms with E-state index in [1.165, 1.54) is 6.07 Å². The van der Waals surface area contributed by atoms with Gasteiger partial charge in [0.15, 0.2) is 0 Å². The van der Waals surface area contributed by atoms with Gasteiger partial charge in [-0.15, -0.1) is 0 Å². The lowest BCUT2D eigenvalue weighted by Crippen LogP contribution is -2.30. The number of nitrogens with one attached hydrogen (secondary N) is 2. The lowest BCUT2D eigenvalue weighted by Gasteiger charge is -2.09. The van der Waals surface area contributed by atoms with Gasteiger partial charge in [-0.1, -0.05) is 23.2 Å². The Morgan fingerprint density at radius 2 is 2.29 bits per heavy atom. The summed E-state index contributed by atoms with van der Waals surface area (Å²) < 4.78 is 5.03. The summed E-state index contributed by atoms with van der Waals surface area (Å²) in [6.45, 7) is 0.152. The van der Waals surface area contributed by atoms with Gasteiger partial charge in [-0.05, 0) is 12.5 Å². The van der Waals surface area contributed by atoms with Crippen LogP contribution in [-0.4, -0.2) is 29.5 Å². The van der Waals surface area contributed by atoms with Crippen molar-refractivity contribution < 1.29 is 14.3 Å². The molecule has 1 saturated heterocycles. The van der Waals surface area contributed by atoms with Gasteiger partial charge in [-0.2, -0.15) is 0 Å². The molecule has 92 valence electrons. The molecule has 7 heteroatoms. The quantitative estimate of drug-likeness (QED) is 0.827. The van der Waals surface area contributed by atoms with Gasteiger partial charge in [0.1, 0.15) is 17.5 Å². The number of aromatic amines is 1. The Hall–Kier alpha value is -1.20. The zero-order valence-corrected chi connectivity index (χ0v) is 10.3. The molecule has 0 aromatic carbocycles. The molecule has 1 atom stereocenters. The number of amides is 1. The highest BCUT2D eigenvalue weighted by Crippen LogP contribution is 2.22. The average molecular weight is 277 g/mol. The number of hydrogen-bond acceptors (Lipinski definition) is 3. The standard InChI is InChI=1S/C10H10Cl2N2O3/c11-6-3-7(14-9(6)12)10(16)17-4-5-1-2-8(15)13-5/h3,5,14H,1-2,4H2,(H,13,15). The highest BCUT2D eigenvalue weighted by atomic mass is 35.5. The van der Waals surface area contributed by atoms with E-state index in [0.717, 1.165) is 0 Å². The van der Waals surface area contributed by atoms with Crippen molar-refractivity contribution in [2.45, 2.75) is 18.9 Å². The number of carbonyl (C=O) groups excluding carboxylic acids is 2. The Labute approximate surface area is 107 Å². The fourth-order valence-electron chi connectivity index (χ4n) is 1.57. The van der Waals surface area contributed by atoms with E-state index in [2.05, 4.69) is 10.3 Å². The summed E-state index contributed by atoms with van der Waals surface area (Å²) in [5.41, 5.74) is 0.198. The molecule has 1 amide bonds. The van der Waals surface area contributed by atoms with Crippen LogP contribution in [0.2, 0.25) is 10.2 Å². The summed E-state index contributed by atoms with van der Waals surface area (Å²) in [6, 6.07) is 1.30. The van der Waals surface area contributed by atoms with Crippen LogP contribution in [-0.2, 0) is 9.53 Å². The molecule has 1 aliphatic rings. The highest BCUT2D eigenvalue weighted by molar-refractivity contribution is 6.41. The highest BCUT2D eigenvalue weighted by Gasteiger charge is 2.22. The second-order valence-electron chi connectivity index (χ2n) is 3.75. The van der Waals surface area contributed by atoms with Crippen LogP contribution in [0.4, 0.5) is 0 Å². The van der Waals surface area contributed by atoms with Gasteiger partial charge in [0.05, 0.1) is 11.1 Å². The molecule has 2 N–H and O–H groups in total. The molecule has 0 radical (unpaired) electrons. The zero-order chi connectivity index (χ0) is 12.4. The van der Waals surface area contributed by atoms with Crippen molar-refractivity contribution in [3.05, 3.63) is 21.9 Å². The predicted octanol–water partition coefficient (Wildman–Crippen LogP) is 1.76. The number of carbonyl (C=O) groups is 2. The lowest BCUT2D eigenvalue weighted by atomic mass is 10.2. The van der Waals surface area contributed by atoms with E-state index in [1.807, 2.05) is 0 Å². The molecular formula is C10H10Cl2N2O3. The van der Waals surface area contributed by atoms with E-state index in [9.17, 15) is 9.59 Å². The first-order chi connectivity index (χ1) is 8.06. The Balaban J connectivity index is 1.87. The predicted molar refractivity (Wildman–Crippen MR) is 62.3 cm³/mol. The number of rotatable bonds is 3. The van der Waals surface area contributed by atoms with Crippen molar-refractivity contribution in [3.8, 4) is 0 Å². The summed E-state index contributed by atoms with van der Waals surface area (Å²) in [5, 5.41) is 3.17. The molecule has 0 saturated carbocycles. The van der Waals surface area contributed by atoms with Crippen LogP contribution in [0.1, 0.15) is 23.3 Å². The van der Waals surface area contributed by atoms with Gasteiger partial charge in [0.25, 0.3) is 0 Å². The fraction of sp³-hybridized carbons (Fsp3) is 0.400. The molecular weight excluding hydrogens is 267 g/mol. The first-order valence-corrected chi connectivity index (χ1v) is 5.82. The normalized spacial score (nSPS) is 19.2. The SMILES string of the molecule is O=C1CCC(COC(=O)c2cc(Cl)c(Cl)[nH]2)N1. The first-order valence-electron chi connectivity index (χ1n) is 5.07. The van der Waals surface area contributed by atoms with Crippen molar-refractivity contribution >= 4 is 35.1 Å². The molecule has 0 bridgehead atoms. The van der Waals surface area contributed by atoms with Gasteiger partial charge in [-0.3, -0.25) is 4.79 Å². The Morgan fingerprint density at radius 1 is 1.53 bits per heavy atom. The minimum atomic E-state index is -0.542. The van der Waals surface area contributed by atoms with Crippen LogP contribution in [0.25, 0.3) is 0 Å². The zero-order valence-electron chi connectivity index (χ0n) is 8.76. The number of esters is 1. The van der Waals surface area contributed by atoms with Crippen molar-refractivity contribution in [2.75, 3.05) is 6.61 Å². The Kier molecular flexibility index (Phi) is 3.59. The monoisotopic (exact) mass is 276 g/mol. The van der Waals surface area contributed by atoms with Crippen LogP contribution >= 0.6 is 23.2 Å². The maximum Gasteiger partial charge on any atom is 0.354 e. The van der Waals surface area contributed by atoms with E-state index in [1.54, 1.807) is 0 Å². The van der Waals surface area contributed by atoms with Gasteiger partial charge in [0, 0.05) is 6.42 Å². The molecule has 0 spiro atoms. The van der Waals surface area contributed by atoms with E-state index < -0.39 is 5.97 Å². The molecule has 1 aromatic heterocycles. The summed E-state index contributed by atoms with van der Waals surface area (Å²) in [5.74, 6) is -0.558. The second kappa shape index (κ2) is 4.98. The number of hydrogen-bond donors (Lipinski definition) is 2. The van der Waals surface area contributed by atoms with E-state index >= 15 is 0 Å². The summed E-state index contributed by atoms with van der Waals surface area (Å²) in [7, 11) is 0. The van der Waals surface area contributed by atoms with E-state index in [4.69, 9.17) is 27.9 Å². The summed E-state index contributed by atoms with van der Waals surface area (Å²) in [6.07, 6.45) is 1.15. The van der Waals surface area contributed by atoms with Crippen molar-refractivity contribution in [1.29, 1.82) is 0 Å². The number of ether oxygens (including phenoxy) is 1. The van der Waals surface area contributed by atoms with E-state index in [-0.39, 0.29) is 34.4 Å². The lowest BCUT2D eigenvalue weighted by molar-refractivity contribution is -0.119. The number of H-pyrrole nitrogens is 1. The molecule has 1 aromatic rings. The molecule has 1 aliphatic heterocycles. The molecule has 1 unspecified atom stereocenters. The summed E-state index contributed by atoms with van der Waals surface area (Å²) in [4.78, 5) is 25.1. The third-order valence-electron chi connectivity index (χ3n) is 2.45. The minimum absolute atomic E-state index is 0.0167. The molecule has 1 fully saturated rings. The van der Waals surface area contributed by atoms with Gasteiger partial charge < -0.3 is 15.0 Å². The van der Waals surface area contributed by atoms with Crippen LogP contribution in [0.15, 0.2) is 6.07 Å². The molecule has 5 nitrogen and oxygen atoms in total. The maximum atomic E-state index is 11.6. The maximum absolute atomic E-state index is 11.6. The van der Waals surface area contributed by atoms with Crippen molar-refractivity contribution in [2.24, 2.45) is 0 Å². The van der Waals surface area contributed by atoms with Gasteiger partial charge in [-0.25, -0.2) is 4.79 Å². The van der Waals surface area contributed by atoms with Crippen LogP contribution in [0, 0.1) is 0 Å². The average Bonchev–Trinajstić information content (AvgIpc) is 2.83. The minimum Gasteiger partial charge on any atom is -0.459 e. The smallest absolute Gasteiger partial charge is 0.354 e. The number of aromatic nitrogens is 1. The van der Waals surface area contributed by atoms with Crippen LogP contribution in [0.5, 0.6) is 0 Å². The molecule has 17 heavy (non-hydrogen) atoms. The van der Waals surface area contributed by atoms with Gasteiger partial charge >= 0.3 is 5.97 Å². The van der Waals surface area contributed by atoms with Crippen LogP contribution < -0.4 is 5.32 Å². The molecule has 2 heterocycles. The Bertz CT molecular complexity index is 439. The Morgan fingerprint density at radius 3 is 2.82 bits per heavy atom.